The maximum Gasteiger partial charge on any atom is 0.256 e. The van der Waals surface area contributed by atoms with E-state index in [4.69, 9.17) is 26.8 Å². The first kappa shape index (κ1) is 47.1. The number of benzene rings is 1. The van der Waals surface area contributed by atoms with E-state index in [1.807, 2.05) is 33.8 Å². The third kappa shape index (κ3) is 12.3. The first-order chi connectivity index (χ1) is 26.4. The molecular formula is C39H63ClN6O9S. The van der Waals surface area contributed by atoms with E-state index < -0.39 is 81.3 Å². The quantitative estimate of drug-likeness (QED) is 0.125. The summed E-state index contributed by atoms with van der Waals surface area (Å²) in [5.41, 5.74) is 6.56. The molecule has 1 heterocycles. The Labute approximate surface area is 337 Å². The monoisotopic (exact) mass is 826 g/mol. The standard InChI is InChI=1S/C39H63ClN6O9S/c1-9-24(4)34(45(6)39(51)33(23(2)3)43-37(49)28(41)22-40)31(54-7)21-32(47)46-19-13-16-30(46)35(55-8)25(5)36(48)42-29(20-26-14-11-10-12-15-26)38(50)44-56(52,53)27-17-18-27/h10-12,14-15,23-25,27-31,33-35H,9,13,16-22,41H2,1-8H3,(H,42,48)(H,43,49)(H,44,50)/t24-,25+,28-,29-,30-,31+,33-,34-,35+/m0/s1. The number of nitrogens with one attached hydrogen (secondary N) is 3. The summed E-state index contributed by atoms with van der Waals surface area (Å²) in [6.45, 7) is 9.66. The van der Waals surface area contributed by atoms with Crippen molar-refractivity contribution in [2.45, 2.75) is 127 Å². The zero-order chi connectivity index (χ0) is 41.9. The summed E-state index contributed by atoms with van der Waals surface area (Å²) < 4.78 is 39.3. The predicted molar refractivity (Wildman–Crippen MR) is 214 cm³/mol. The van der Waals surface area contributed by atoms with Gasteiger partial charge in [0.25, 0.3) is 5.91 Å². The lowest BCUT2D eigenvalue weighted by Gasteiger charge is -2.41. The molecule has 2 fully saturated rings. The second-order valence-corrected chi connectivity index (χ2v) is 17.8. The molecule has 1 aliphatic heterocycles. The molecule has 2 aliphatic rings. The minimum atomic E-state index is -3.86. The number of methoxy groups -OCH3 is 2. The maximum absolute atomic E-state index is 14.2. The van der Waals surface area contributed by atoms with E-state index in [0.717, 1.165) is 5.56 Å². The van der Waals surface area contributed by atoms with E-state index in [1.165, 1.54) is 14.2 Å². The lowest BCUT2D eigenvalue weighted by Crippen LogP contribution is -2.59. The van der Waals surface area contributed by atoms with Gasteiger partial charge in [0, 0.05) is 40.1 Å². The molecule has 316 valence electrons. The Morgan fingerprint density at radius 2 is 1.61 bits per heavy atom. The van der Waals surface area contributed by atoms with Crippen LogP contribution in [-0.4, -0.2) is 129 Å². The minimum Gasteiger partial charge on any atom is -0.379 e. The van der Waals surface area contributed by atoms with Crippen LogP contribution in [0, 0.1) is 17.8 Å². The van der Waals surface area contributed by atoms with Gasteiger partial charge in [0.1, 0.15) is 12.1 Å². The molecule has 1 aromatic rings. The molecule has 1 saturated carbocycles. The van der Waals surface area contributed by atoms with Crippen LogP contribution in [0.2, 0.25) is 0 Å². The van der Waals surface area contributed by atoms with Crippen LogP contribution in [0.1, 0.15) is 78.7 Å². The van der Waals surface area contributed by atoms with Crippen molar-refractivity contribution in [1.29, 1.82) is 0 Å². The number of rotatable bonds is 22. The SMILES string of the molecule is CC[C@H](C)[C@@H]([C@@H](CC(=O)N1CCC[C@H]1[C@H](OC)[C@@H](C)C(=O)N[C@@H](Cc1ccccc1)C(=O)NS(=O)(=O)C1CC1)OC)N(C)C(=O)[C@@H](NC(=O)[C@@H](N)CCl)C(C)C. The van der Waals surface area contributed by atoms with Crippen LogP contribution in [0.15, 0.2) is 30.3 Å². The van der Waals surface area contributed by atoms with Gasteiger partial charge in [-0.15, -0.1) is 11.6 Å². The number of ether oxygens (including phenoxy) is 2. The number of nitrogens with zero attached hydrogens (tertiary/aromatic N) is 2. The fraction of sp³-hybridized carbons (Fsp3) is 0.718. The van der Waals surface area contributed by atoms with Gasteiger partial charge in [-0.1, -0.05) is 71.4 Å². The van der Waals surface area contributed by atoms with Crippen LogP contribution in [0.25, 0.3) is 0 Å². The highest BCUT2D eigenvalue weighted by Gasteiger charge is 2.44. The van der Waals surface area contributed by atoms with Gasteiger partial charge in [-0.3, -0.25) is 28.7 Å². The van der Waals surface area contributed by atoms with Gasteiger partial charge in [0.15, 0.2) is 0 Å². The number of amides is 5. The Kier molecular flexibility index (Phi) is 18.0. The van der Waals surface area contributed by atoms with E-state index >= 15 is 0 Å². The average molecular weight is 827 g/mol. The fourth-order valence-corrected chi connectivity index (χ4v) is 8.89. The van der Waals surface area contributed by atoms with Crippen LogP contribution in [-0.2, 0) is 49.9 Å². The molecule has 56 heavy (non-hydrogen) atoms. The van der Waals surface area contributed by atoms with E-state index in [0.29, 0.717) is 38.6 Å². The maximum atomic E-state index is 14.2. The second-order valence-electron chi connectivity index (χ2n) is 15.5. The van der Waals surface area contributed by atoms with Crippen molar-refractivity contribution in [3.63, 3.8) is 0 Å². The van der Waals surface area contributed by atoms with Crippen molar-refractivity contribution in [3.8, 4) is 0 Å². The Morgan fingerprint density at radius 3 is 2.14 bits per heavy atom. The highest BCUT2D eigenvalue weighted by Crippen LogP contribution is 2.30. The number of carbonyl (C=O) groups is 5. The van der Waals surface area contributed by atoms with Crippen molar-refractivity contribution < 1.29 is 41.9 Å². The molecule has 0 unspecified atom stereocenters. The third-order valence-electron chi connectivity index (χ3n) is 11.1. The lowest BCUT2D eigenvalue weighted by atomic mass is 9.89. The molecule has 0 radical (unpaired) electrons. The number of halogens is 1. The van der Waals surface area contributed by atoms with E-state index in [9.17, 15) is 32.4 Å². The first-order valence-electron chi connectivity index (χ1n) is 19.6. The van der Waals surface area contributed by atoms with Crippen molar-refractivity contribution >= 4 is 51.2 Å². The molecule has 9 atom stereocenters. The topological polar surface area (TPSA) is 207 Å². The van der Waals surface area contributed by atoms with Crippen LogP contribution < -0.4 is 21.1 Å². The van der Waals surface area contributed by atoms with Crippen molar-refractivity contribution in [2.75, 3.05) is 33.7 Å². The van der Waals surface area contributed by atoms with Gasteiger partial charge in [-0.05, 0) is 43.1 Å². The van der Waals surface area contributed by atoms with E-state index in [2.05, 4.69) is 15.4 Å². The molecule has 5 amide bonds. The van der Waals surface area contributed by atoms with Gasteiger partial charge in [0.2, 0.25) is 33.7 Å². The molecule has 5 N–H and O–H groups in total. The summed E-state index contributed by atoms with van der Waals surface area (Å²) in [5, 5.41) is 4.89. The molecule has 15 nitrogen and oxygen atoms in total. The summed E-state index contributed by atoms with van der Waals surface area (Å²) in [6, 6.07) is 4.90. The zero-order valence-corrected chi connectivity index (χ0v) is 35.6. The van der Waals surface area contributed by atoms with Crippen LogP contribution >= 0.6 is 11.6 Å². The fourth-order valence-electron chi connectivity index (χ4n) is 7.40. The van der Waals surface area contributed by atoms with Crippen molar-refractivity contribution in [3.05, 3.63) is 35.9 Å². The number of likely N-dealkylation sites (N-methyl/N-ethyl adjacent to an activating group) is 1. The van der Waals surface area contributed by atoms with Gasteiger partial charge in [0.05, 0.1) is 47.9 Å². The highest BCUT2D eigenvalue weighted by molar-refractivity contribution is 7.90. The third-order valence-corrected chi connectivity index (χ3v) is 13.3. The van der Waals surface area contributed by atoms with Crippen LogP contribution in [0.4, 0.5) is 0 Å². The summed E-state index contributed by atoms with van der Waals surface area (Å²) in [6.07, 6.45) is 1.36. The van der Waals surface area contributed by atoms with Gasteiger partial charge in [-0.25, -0.2) is 8.42 Å². The number of sulfonamides is 1. The lowest BCUT2D eigenvalue weighted by molar-refractivity contribution is -0.147. The van der Waals surface area contributed by atoms with Gasteiger partial charge < -0.3 is 35.6 Å². The smallest absolute Gasteiger partial charge is 0.256 e. The molecular weight excluding hydrogens is 764 g/mol. The Hall–Kier alpha value is -3.31. The highest BCUT2D eigenvalue weighted by atomic mass is 35.5. The van der Waals surface area contributed by atoms with E-state index in [-0.39, 0.29) is 42.4 Å². The first-order valence-corrected chi connectivity index (χ1v) is 21.6. The van der Waals surface area contributed by atoms with Gasteiger partial charge >= 0.3 is 0 Å². The second kappa shape index (κ2) is 21.4. The molecule has 3 rings (SSSR count). The molecule has 1 saturated heterocycles. The average Bonchev–Trinajstić information content (AvgIpc) is 3.94. The number of hydrogen-bond acceptors (Lipinski definition) is 10. The zero-order valence-electron chi connectivity index (χ0n) is 34.0. The number of likely N-dealkylation sites (tertiary alicyclic amines) is 1. The normalized spacial score (nSPS) is 20.2. The molecule has 1 aliphatic carbocycles. The van der Waals surface area contributed by atoms with Crippen LogP contribution in [0.3, 0.4) is 0 Å². The summed E-state index contributed by atoms with van der Waals surface area (Å²) in [7, 11) is 0.745. The van der Waals surface area contributed by atoms with Gasteiger partial charge in [-0.2, -0.15) is 0 Å². The Bertz CT molecular complexity index is 1600. The number of nitrogens with two attached hydrogens (primary N) is 1. The van der Waals surface area contributed by atoms with Crippen LogP contribution in [0.5, 0.6) is 0 Å². The Morgan fingerprint density at radius 1 is 0.964 bits per heavy atom. The Balaban J connectivity index is 1.79. The molecule has 1 aromatic carbocycles. The van der Waals surface area contributed by atoms with Crippen molar-refractivity contribution in [2.24, 2.45) is 23.5 Å². The molecule has 17 heteroatoms. The summed E-state index contributed by atoms with van der Waals surface area (Å²) >= 11 is 5.79. The molecule has 0 spiro atoms. The number of hydrogen-bond donors (Lipinski definition) is 4. The minimum absolute atomic E-state index is 0.0644. The molecule has 0 bridgehead atoms. The summed E-state index contributed by atoms with van der Waals surface area (Å²) in [4.78, 5) is 71.3. The molecule has 0 aromatic heterocycles. The predicted octanol–water partition coefficient (Wildman–Crippen LogP) is 1.95. The largest absolute Gasteiger partial charge is 0.379 e. The van der Waals surface area contributed by atoms with E-state index in [1.54, 1.807) is 48.0 Å². The summed E-state index contributed by atoms with van der Waals surface area (Å²) in [5.74, 6) is -3.78. The van der Waals surface area contributed by atoms with Crippen molar-refractivity contribution in [1.82, 2.24) is 25.2 Å². The number of carbonyl (C=O) groups excluding carboxylic acids is 5. The number of alkyl halides is 1.